The number of nitrogen functional groups attached to an aromatic ring is 1. The largest absolute Gasteiger partial charge is 0.385 e. The van der Waals surface area contributed by atoms with E-state index < -0.39 is 0 Å². The molecular weight excluding hydrogens is 308 g/mol. The fourth-order valence-corrected chi connectivity index (χ4v) is 2.95. The number of nitrogens with zero attached hydrogens (tertiary/aromatic N) is 3. The summed E-state index contributed by atoms with van der Waals surface area (Å²) >= 11 is 5.95. The minimum Gasteiger partial charge on any atom is -0.385 e. The van der Waals surface area contributed by atoms with Crippen LogP contribution in [0.2, 0.25) is 5.02 Å². The third-order valence-electron chi connectivity index (χ3n) is 3.87. The van der Waals surface area contributed by atoms with Crippen LogP contribution >= 0.6 is 11.6 Å². The molecule has 4 rings (SSSR count). The molecule has 0 spiro atoms. The fraction of sp³-hybridized carbons (Fsp3) is 0. The molecule has 0 atom stereocenters. The highest BCUT2D eigenvalue weighted by Gasteiger charge is 2.16. The lowest BCUT2D eigenvalue weighted by Gasteiger charge is -2.09. The average Bonchev–Trinajstić information content (AvgIpc) is 2.95. The van der Waals surface area contributed by atoms with Crippen LogP contribution < -0.4 is 5.73 Å². The van der Waals surface area contributed by atoms with Gasteiger partial charge >= 0.3 is 0 Å². The highest BCUT2D eigenvalue weighted by Crippen LogP contribution is 2.32. The maximum atomic E-state index is 9.68. The number of nitriles is 1. The first-order valence-corrected chi connectivity index (χ1v) is 7.42. The van der Waals surface area contributed by atoms with E-state index in [1.54, 1.807) is 12.1 Å². The second kappa shape index (κ2) is 5.01. The van der Waals surface area contributed by atoms with Crippen LogP contribution in [-0.2, 0) is 0 Å². The highest BCUT2D eigenvalue weighted by molar-refractivity contribution is 6.30. The van der Waals surface area contributed by atoms with Gasteiger partial charge in [-0.15, -0.1) is 0 Å². The second-order valence-corrected chi connectivity index (χ2v) is 5.67. The molecule has 0 unspecified atom stereocenters. The van der Waals surface area contributed by atoms with Crippen molar-refractivity contribution >= 4 is 34.1 Å². The summed E-state index contributed by atoms with van der Waals surface area (Å²) in [4.78, 5) is 4.58. The van der Waals surface area contributed by atoms with Gasteiger partial charge in [-0.1, -0.05) is 35.9 Å². The molecule has 2 aromatic carbocycles. The Bertz CT molecular complexity index is 1090. The van der Waals surface area contributed by atoms with Crippen molar-refractivity contribution in [2.45, 2.75) is 0 Å². The second-order valence-electron chi connectivity index (χ2n) is 5.24. The maximum absolute atomic E-state index is 9.68. The molecule has 23 heavy (non-hydrogen) atoms. The predicted octanol–water partition coefficient (Wildman–Crippen LogP) is 4.26. The van der Waals surface area contributed by atoms with Gasteiger partial charge in [-0.2, -0.15) is 5.26 Å². The molecule has 0 aliphatic heterocycles. The Morgan fingerprint density at radius 1 is 1.09 bits per heavy atom. The fourth-order valence-electron chi connectivity index (χ4n) is 2.83. The zero-order valence-corrected chi connectivity index (χ0v) is 12.7. The molecule has 4 nitrogen and oxygen atoms in total. The van der Waals surface area contributed by atoms with Crippen LogP contribution in [0.15, 0.2) is 54.6 Å². The summed E-state index contributed by atoms with van der Waals surface area (Å²) in [5.74, 6) is 0.539. The van der Waals surface area contributed by atoms with E-state index in [4.69, 9.17) is 17.3 Å². The van der Waals surface area contributed by atoms with Crippen LogP contribution in [0.3, 0.4) is 0 Å². The standard InChI is InChI=1S/C18H11ClN4/c19-12-7-5-11(6-8-12)13-9-17(21)23-16-4-2-1-3-15(16)22-18(23)14(13)10-20/h1-9H,21H2. The van der Waals surface area contributed by atoms with Crippen molar-refractivity contribution in [2.75, 3.05) is 5.73 Å². The number of nitrogens with two attached hydrogens (primary N) is 1. The zero-order valence-electron chi connectivity index (χ0n) is 12.0. The van der Waals surface area contributed by atoms with Crippen LogP contribution in [0, 0.1) is 11.3 Å². The SMILES string of the molecule is N#Cc1c(-c2ccc(Cl)cc2)cc(N)n2c1nc1ccccc12. The number of pyridine rings is 1. The number of rotatable bonds is 1. The van der Waals surface area contributed by atoms with Crippen LogP contribution in [-0.4, -0.2) is 9.38 Å². The molecule has 0 saturated heterocycles. The number of aromatic nitrogens is 2. The summed E-state index contributed by atoms with van der Waals surface area (Å²) in [5, 5.41) is 10.3. The Morgan fingerprint density at radius 3 is 2.57 bits per heavy atom. The van der Waals surface area contributed by atoms with Gasteiger partial charge < -0.3 is 5.73 Å². The number of benzene rings is 2. The van der Waals surface area contributed by atoms with Crippen molar-refractivity contribution in [3.63, 3.8) is 0 Å². The Balaban J connectivity index is 2.13. The Hall–Kier alpha value is -3.03. The molecule has 5 heteroatoms. The first-order chi connectivity index (χ1) is 11.2. The molecular formula is C18H11ClN4. The van der Waals surface area contributed by atoms with Gasteiger partial charge in [0.25, 0.3) is 0 Å². The molecule has 0 amide bonds. The van der Waals surface area contributed by atoms with Crippen molar-refractivity contribution in [3.8, 4) is 17.2 Å². The van der Waals surface area contributed by atoms with Gasteiger partial charge in [-0.3, -0.25) is 4.40 Å². The number of fused-ring (bicyclic) bond motifs is 3. The maximum Gasteiger partial charge on any atom is 0.158 e. The Morgan fingerprint density at radius 2 is 1.83 bits per heavy atom. The third kappa shape index (κ3) is 2.02. The van der Waals surface area contributed by atoms with Crippen LogP contribution in [0.1, 0.15) is 5.56 Å². The number of halogens is 1. The van der Waals surface area contributed by atoms with Gasteiger partial charge in [0.2, 0.25) is 0 Å². The monoisotopic (exact) mass is 318 g/mol. The van der Waals surface area contributed by atoms with E-state index in [1.807, 2.05) is 46.9 Å². The van der Waals surface area contributed by atoms with Crippen LogP contribution in [0.5, 0.6) is 0 Å². The molecule has 0 bridgehead atoms. The van der Waals surface area contributed by atoms with E-state index >= 15 is 0 Å². The van der Waals surface area contributed by atoms with Gasteiger partial charge in [-0.25, -0.2) is 4.98 Å². The summed E-state index contributed by atoms with van der Waals surface area (Å²) in [5.41, 5.74) is 10.6. The number of anilines is 1. The molecule has 4 aromatic rings. The van der Waals surface area contributed by atoms with E-state index in [1.165, 1.54) is 0 Å². The number of hydrogen-bond acceptors (Lipinski definition) is 3. The predicted molar refractivity (Wildman–Crippen MR) is 92.3 cm³/mol. The van der Waals surface area contributed by atoms with Crippen LogP contribution in [0.4, 0.5) is 5.82 Å². The minimum absolute atomic E-state index is 0.498. The van der Waals surface area contributed by atoms with Gasteiger partial charge in [0.1, 0.15) is 17.5 Å². The molecule has 2 heterocycles. The quantitative estimate of drug-likeness (QED) is 0.570. The highest BCUT2D eigenvalue weighted by atomic mass is 35.5. The van der Waals surface area contributed by atoms with E-state index in [0.717, 1.165) is 22.2 Å². The first kappa shape index (κ1) is 13.6. The zero-order chi connectivity index (χ0) is 16.0. The summed E-state index contributed by atoms with van der Waals surface area (Å²) in [6.45, 7) is 0. The smallest absolute Gasteiger partial charge is 0.158 e. The Labute approximate surface area is 137 Å². The summed E-state index contributed by atoms with van der Waals surface area (Å²) < 4.78 is 1.81. The topological polar surface area (TPSA) is 67.1 Å². The van der Waals surface area contributed by atoms with Crippen molar-refractivity contribution < 1.29 is 0 Å². The summed E-state index contributed by atoms with van der Waals surface area (Å²) in [6.07, 6.45) is 0. The van der Waals surface area contributed by atoms with Gasteiger partial charge in [-0.05, 0) is 35.9 Å². The molecule has 0 aliphatic carbocycles. The molecule has 0 aliphatic rings. The first-order valence-electron chi connectivity index (χ1n) is 7.05. The average molecular weight is 319 g/mol. The molecule has 110 valence electrons. The van der Waals surface area contributed by atoms with Crippen molar-refractivity contribution in [2.24, 2.45) is 0 Å². The van der Waals surface area contributed by atoms with Crippen LogP contribution in [0.25, 0.3) is 27.8 Å². The number of para-hydroxylation sites is 2. The molecule has 0 fully saturated rings. The lowest BCUT2D eigenvalue weighted by Crippen LogP contribution is -2.00. The van der Waals surface area contributed by atoms with Gasteiger partial charge in [0.05, 0.1) is 11.0 Å². The van der Waals surface area contributed by atoms with Crippen molar-refractivity contribution in [1.29, 1.82) is 5.26 Å². The van der Waals surface area contributed by atoms with E-state index in [-0.39, 0.29) is 0 Å². The summed E-state index contributed by atoms with van der Waals surface area (Å²) in [7, 11) is 0. The molecule has 0 radical (unpaired) electrons. The van der Waals surface area contributed by atoms with Crippen molar-refractivity contribution in [1.82, 2.24) is 9.38 Å². The van der Waals surface area contributed by atoms with E-state index in [0.29, 0.717) is 22.1 Å². The molecule has 2 N–H and O–H groups in total. The van der Waals surface area contributed by atoms with E-state index in [9.17, 15) is 5.26 Å². The van der Waals surface area contributed by atoms with Crippen molar-refractivity contribution in [3.05, 3.63) is 65.2 Å². The van der Waals surface area contributed by atoms with Gasteiger partial charge in [0, 0.05) is 10.6 Å². The lowest BCUT2D eigenvalue weighted by molar-refractivity contribution is 1.23. The number of imidazole rings is 1. The van der Waals surface area contributed by atoms with E-state index in [2.05, 4.69) is 11.1 Å². The summed E-state index contributed by atoms with van der Waals surface area (Å²) in [6, 6.07) is 19.1. The Kier molecular flexibility index (Phi) is 2.97. The normalized spacial score (nSPS) is 11.0. The minimum atomic E-state index is 0.498. The molecule has 0 saturated carbocycles. The molecule has 2 aromatic heterocycles. The lowest BCUT2D eigenvalue weighted by atomic mass is 10.0. The number of hydrogen-bond donors (Lipinski definition) is 1. The van der Waals surface area contributed by atoms with Gasteiger partial charge in [0.15, 0.2) is 5.65 Å². The third-order valence-corrected chi connectivity index (χ3v) is 4.12.